The van der Waals surface area contributed by atoms with Gasteiger partial charge in [0.1, 0.15) is 0 Å². The van der Waals surface area contributed by atoms with Crippen LogP contribution >= 0.6 is 12.4 Å². The molecule has 2 rings (SSSR count). The molecule has 1 fully saturated rings. The Balaban J connectivity index is 0.00000242. The van der Waals surface area contributed by atoms with Gasteiger partial charge in [0, 0.05) is 17.9 Å². The van der Waals surface area contributed by atoms with Gasteiger partial charge in [-0.2, -0.15) is 0 Å². The molecule has 0 bridgehead atoms. The van der Waals surface area contributed by atoms with Crippen LogP contribution in [0.4, 0.5) is 0 Å². The topological polar surface area (TPSA) is 55.1 Å². The molecule has 124 valence electrons. The average Bonchev–Trinajstić information content (AvgIpc) is 2.93. The van der Waals surface area contributed by atoms with E-state index in [0.29, 0.717) is 19.0 Å². The van der Waals surface area contributed by atoms with E-state index < -0.39 is 0 Å². The summed E-state index contributed by atoms with van der Waals surface area (Å²) < 4.78 is 0. The van der Waals surface area contributed by atoms with E-state index in [1.807, 2.05) is 0 Å². The first-order chi connectivity index (χ1) is 9.94. The molecule has 1 aromatic rings. The molecule has 3 nitrogen and oxygen atoms in total. The Morgan fingerprint density at radius 1 is 1.36 bits per heavy atom. The summed E-state index contributed by atoms with van der Waals surface area (Å²) in [6.45, 7) is 7.75. The zero-order chi connectivity index (χ0) is 15.5. The summed E-state index contributed by atoms with van der Waals surface area (Å²) in [6, 6.07) is 8.51. The first kappa shape index (κ1) is 19.0. The fourth-order valence-corrected chi connectivity index (χ4v) is 3.27. The van der Waals surface area contributed by atoms with E-state index in [1.165, 1.54) is 11.1 Å². The Hall–Kier alpha value is -1.06. The zero-order valence-corrected chi connectivity index (χ0v) is 14.7. The Morgan fingerprint density at radius 2 is 2.09 bits per heavy atom. The van der Waals surface area contributed by atoms with Gasteiger partial charge in [0.15, 0.2) is 0 Å². The average molecular weight is 325 g/mol. The molecule has 0 aliphatic heterocycles. The quantitative estimate of drug-likeness (QED) is 0.874. The Labute approximate surface area is 140 Å². The molecule has 3 N–H and O–H groups in total. The predicted molar refractivity (Wildman–Crippen MR) is 94.3 cm³/mol. The van der Waals surface area contributed by atoms with Crippen molar-refractivity contribution in [3.05, 3.63) is 35.4 Å². The number of amides is 1. The number of hydrogen-bond acceptors (Lipinski definition) is 2. The highest BCUT2D eigenvalue weighted by Crippen LogP contribution is 2.31. The minimum Gasteiger partial charge on any atom is -0.355 e. The zero-order valence-electron chi connectivity index (χ0n) is 13.9. The summed E-state index contributed by atoms with van der Waals surface area (Å²) in [5.41, 5.74) is 8.24. The largest absolute Gasteiger partial charge is 0.355 e. The molecule has 0 aromatic heterocycles. The van der Waals surface area contributed by atoms with E-state index in [1.54, 1.807) is 0 Å². The summed E-state index contributed by atoms with van der Waals surface area (Å²) >= 11 is 0. The van der Waals surface area contributed by atoms with Crippen molar-refractivity contribution in [1.82, 2.24) is 5.32 Å². The lowest BCUT2D eigenvalue weighted by Crippen LogP contribution is -2.41. The third kappa shape index (κ3) is 4.47. The van der Waals surface area contributed by atoms with Gasteiger partial charge >= 0.3 is 0 Å². The second-order valence-electron chi connectivity index (χ2n) is 7.00. The van der Waals surface area contributed by atoms with Gasteiger partial charge in [-0.05, 0) is 37.8 Å². The molecule has 4 heteroatoms. The first-order valence-corrected chi connectivity index (χ1v) is 7.99. The molecule has 1 aromatic carbocycles. The number of nitrogens with one attached hydrogen (secondary N) is 1. The maximum Gasteiger partial charge on any atom is 0.223 e. The number of aryl methyl sites for hydroxylation is 1. The molecule has 1 aliphatic carbocycles. The summed E-state index contributed by atoms with van der Waals surface area (Å²) in [6.07, 6.45) is 3.20. The van der Waals surface area contributed by atoms with Crippen LogP contribution in [-0.2, 0) is 10.2 Å². The molecular weight excluding hydrogens is 296 g/mol. The summed E-state index contributed by atoms with van der Waals surface area (Å²) in [5.74, 6) is 0.666. The van der Waals surface area contributed by atoms with Crippen molar-refractivity contribution < 1.29 is 4.79 Å². The van der Waals surface area contributed by atoms with Crippen LogP contribution in [0.3, 0.4) is 0 Å². The van der Waals surface area contributed by atoms with Gasteiger partial charge < -0.3 is 11.1 Å². The van der Waals surface area contributed by atoms with Crippen molar-refractivity contribution in [2.45, 2.75) is 45.4 Å². The van der Waals surface area contributed by atoms with E-state index in [2.05, 4.69) is 50.4 Å². The van der Waals surface area contributed by atoms with Crippen molar-refractivity contribution in [3.63, 3.8) is 0 Å². The Bertz CT molecular complexity index is 502. The van der Waals surface area contributed by atoms with Crippen LogP contribution in [0.1, 0.15) is 44.2 Å². The van der Waals surface area contributed by atoms with E-state index in [0.717, 1.165) is 19.3 Å². The number of carbonyl (C=O) groups is 1. The van der Waals surface area contributed by atoms with Crippen molar-refractivity contribution in [2.75, 3.05) is 13.1 Å². The number of halogens is 1. The van der Waals surface area contributed by atoms with Crippen molar-refractivity contribution >= 4 is 18.3 Å². The molecule has 0 saturated heterocycles. The third-order valence-electron chi connectivity index (χ3n) is 4.80. The summed E-state index contributed by atoms with van der Waals surface area (Å²) in [7, 11) is 0. The molecule has 2 atom stereocenters. The van der Waals surface area contributed by atoms with Crippen LogP contribution in [0.25, 0.3) is 0 Å². The number of nitrogens with two attached hydrogens (primary N) is 1. The van der Waals surface area contributed by atoms with Gasteiger partial charge in [-0.15, -0.1) is 12.4 Å². The van der Waals surface area contributed by atoms with Gasteiger partial charge in [-0.25, -0.2) is 0 Å². The van der Waals surface area contributed by atoms with Gasteiger partial charge in [0.25, 0.3) is 0 Å². The summed E-state index contributed by atoms with van der Waals surface area (Å²) in [4.78, 5) is 12.4. The highest BCUT2D eigenvalue weighted by molar-refractivity contribution is 5.85. The second-order valence-corrected chi connectivity index (χ2v) is 7.00. The van der Waals surface area contributed by atoms with Crippen LogP contribution in [-0.4, -0.2) is 19.0 Å². The molecular formula is C18H29ClN2O. The molecule has 1 amide bonds. The van der Waals surface area contributed by atoms with Crippen molar-refractivity contribution in [1.29, 1.82) is 0 Å². The van der Waals surface area contributed by atoms with Crippen LogP contribution in [0, 0.1) is 18.8 Å². The van der Waals surface area contributed by atoms with Gasteiger partial charge in [-0.1, -0.05) is 50.1 Å². The second kappa shape index (κ2) is 7.98. The van der Waals surface area contributed by atoms with Crippen LogP contribution in [0.2, 0.25) is 0 Å². The number of benzene rings is 1. The van der Waals surface area contributed by atoms with E-state index in [9.17, 15) is 4.79 Å². The lowest BCUT2D eigenvalue weighted by atomic mass is 9.83. The Morgan fingerprint density at radius 3 is 2.73 bits per heavy atom. The highest BCUT2D eigenvalue weighted by atomic mass is 35.5. The lowest BCUT2D eigenvalue weighted by molar-refractivity contribution is -0.126. The third-order valence-corrected chi connectivity index (χ3v) is 4.80. The standard InChI is InChI=1S/C18H28N2O.ClH/c1-13-6-4-8-15(10-13)18(2,3)12-20-17(21)16-9-5-7-14(16)11-19;/h4,6,8,10,14,16H,5,7,9,11-12,19H2,1-3H3,(H,20,21);1H/t14-,16-;/m1./s1. The monoisotopic (exact) mass is 324 g/mol. The normalized spacial score (nSPS) is 21.3. The summed E-state index contributed by atoms with van der Waals surface area (Å²) in [5, 5.41) is 3.15. The Kier molecular flexibility index (Phi) is 6.89. The SMILES string of the molecule is Cc1cccc(C(C)(C)CNC(=O)[C@@H]2CCC[C@@H]2CN)c1.Cl. The van der Waals surface area contributed by atoms with E-state index in [4.69, 9.17) is 5.73 Å². The minimum atomic E-state index is -0.0570. The fraction of sp³-hybridized carbons (Fsp3) is 0.611. The number of rotatable bonds is 5. The minimum absolute atomic E-state index is 0. The van der Waals surface area contributed by atoms with Gasteiger partial charge in [-0.3, -0.25) is 4.79 Å². The number of hydrogen-bond donors (Lipinski definition) is 2. The molecule has 0 radical (unpaired) electrons. The molecule has 22 heavy (non-hydrogen) atoms. The van der Waals surface area contributed by atoms with Gasteiger partial charge in [0.05, 0.1) is 0 Å². The molecule has 0 unspecified atom stereocenters. The first-order valence-electron chi connectivity index (χ1n) is 7.99. The molecule has 1 saturated carbocycles. The molecule has 0 spiro atoms. The van der Waals surface area contributed by atoms with Crippen molar-refractivity contribution in [2.24, 2.45) is 17.6 Å². The lowest BCUT2D eigenvalue weighted by Gasteiger charge is -2.27. The maximum atomic E-state index is 12.4. The predicted octanol–water partition coefficient (Wildman–Crippen LogP) is 3.19. The molecule has 0 heterocycles. The van der Waals surface area contributed by atoms with Crippen LogP contribution in [0.5, 0.6) is 0 Å². The molecule has 1 aliphatic rings. The van der Waals surface area contributed by atoms with E-state index in [-0.39, 0.29) is 29.6 Å². The maximum absolute atomic E-state index is 12.4. The van der Waals surface area contributed by atoms with Crippen LogP contribution in [0.15, 0.2) is 24.3 Å². The van der Waals surface area contributed by atoms with Gasteiger partial charge in [0.2, 0.25) is 5.91 Å². The number of carbonyl (C=O) groups excluding carboxylic acids is 1. The highest BCUT2D eigenvalue weighted by Gasteiger charge is 2.32. The van der Waals surface area contributed by atoms with Crippen LogP contribution < -0.4 is 11.1 Å². The smallest absolute Gasteiger partial charge is 0.223 e. The fourth-order valence-electron chi connectivity index (χ4n) is 3.27. The van der Waals surface area contributed by atoms with Crippen molar-refractivity contribution in [3.8, 4) is 0 Å². The van der Waals surface area contributed by atoms with E-state index >= 15 is 0 Å².